The van der Waals surface area contributed by atoms with E-state index in [1.54, 1.807) is 6.92 Å². The van der Waals surface area contributed by atoms with Gasteiger partial charge in [-0.15, -0.1) is 0 Å². The van der Waals surface area contributed by atoms with Crippen LogP contribution in [0.3, 0.4) is 0 Å². The summed E-state index contributed by atoms with van der Waals surface area (Å²) in [6, 6.07) is 5.17. The van der Waals surface area contributed by atoms with Gasteiger partial charge in [-0.1, -0.05) is 0 Å². The van der Waals surface area contributed by atoms with Crippen molar-refractivity contribution in [3.63, 3.8) is 0 Å². The maximum absolute atomic E-state index is 12.2. The van der Waals surface area contributed by atoms with Gasteiger partial charge < -0.3 is 15.3 Å². The molecule has 19 heavy (non-hydrogen) atoms. The minimum absolute atomic E-state index is 0.126. The monoisotopic (exact) mass is 262 g/mol. The fourth-order valence-electron chi connectivity index (χ4n) is 1.98. The Balaban J connectivity index is 2.19. The van der Waals surface area contributed by atoms with Crippen LogP contribution in [0.1, 0.15) is 27.6 Å². The van der Waals surface area contributed by atoms with Gasteiger partial charge in [0.2, 0.25) is 5.91 Å². The molecule has 1 aromatic rings. The van der Waals surface area contributed by atoms with Crippen LogP contribution < -0.4 is 5.32 Å². The fourth-order valence-corrected chi connectivity index (χ4v) is 1.98. The Kier molecular flexibility index (Phi) is 3.50. The molecule has 0 aromatic heterocycles. The van der Waals surface area contributed by atoms with Crippen LogP contribution in [0.15, 0.2) is 24.3 Å². The lowest BCUT2D eigenvalue weighted by Gasteiger charge is -2.32. The predicted molar refractivity (Wildman–Crippen MR) is 66.9 cm³/mol. The Hall–Kier alpha value is -2.37. The van der Waals surface area contributed by atoms with Gasteiger partial charge in [-0.2, -0.15) is 0 Å². The molecule has 1 aliphatic rings. The molecule has 1 saturated heterocycles. The Labute approximate surface area is 110 Å². The van der Waals surface area contributed by atoms with Gasteiger partial charge in [-0.05, 0) is 31.2 Å². The van der Waals surface area contributed by atoms with Crippen LogP contribution in [-0.2, 0) is 4.79 Å². The molecule has 6 nitrogen and oxygen atoms in total. The highest BCUT2D eigenvalue weighted by Gasteiger charge is 2.29. The number of benzene rings is 1. The number of hydrogen-bond acceptors (Lipinski definition) is 3. The van der Waals surface area contributed by atoms with Crippen molar-refractivity contribution in [2.75, 3.05) is 13.1 Å². The van der Waals surface area contributed by atoms with E-state index < -0.39 is 12.0 Å². The van der Waals surface area contributed by atoms with E-state index in [9.17, 15) is 14.4 Å². The van der Waals surface area contributed by atoms with Gasteiger partial charge in [0.15, 0.2) is 0 Å². The first-order valence-electron chi connectivity index (χ1n) is 5.92. The van der Waals surface area contributed by atoms with Gasteiger partial charge in [-0.3, -0.25) is 9.59 Å². The lowest BCUT2D eigenvalue weighted by molar-refractivity contribution is -0.127. The van der Waals surface area contributed by atoms with Crippen LogP contribution in [0.4, 0.5) is 0 Å². The van der Waals surface area contributed by atoms with Crippen molar-refractivity contribution in [1.29, 1.82) is 0 Å². The highest BCUT2D eigenvalue weighted by Crippen LogP contribution is 2.12. The molecule has 2 rings (SSSR count). The number of carbonyl (C=O) groups is 3. The first-order chi connectivity index (χ1) is 9.00. The van der Waals surface area contributed by atoms with Crippen LogP contribution in [-0.4, -0.2) is 46.9 Å². The zero-order chi connectivity index (χ0) is 14.0. The minimum atomic E-state index is -1.04. The van der Waals surface area contributed by atoms with Crippen molar-refractivity contribution in [2.24, 2.45) is 0 Å². The third kappa shape index (κ3) is 2.57. The summed E-state index contributed by atoms with van der Waals surface area (Å²) < 4.78 is 0. The first-order valence-corrected chi connectivity index (χ1v) is 5.92. The number of aromatic carboxylic acids is 1. The van der Waals surface area contributed by atoms with E-state index in [-0.39, 0.29) is 17.4 Å². The molecule has 1 aromatic carbocycles. The summed E-state index contributed by atoms with van der Waals surface area (Å²) in [5, 5.41) is 11.5. The number of carboxylic acid groups (broad SMARTS) is 1. The second kappa shape index (κ2) is 5.09. The summed E-state index contributed by atoms with van der Waals surface area (Å²) in [4.78, 5) is 35.9. The molecule has 2 N–H and O–H groups in total. The van der Waals surface area contributed by atoms with Gasteiger partial charge in [0.25, 0.3) is 5.91 Å². The van der Waals surface area contributed by atoms with E-state index in [1.165, 1.54) is 29.2 Å². The van der Waals surface area contributed by atoms with Crippen LogP contribution >= 0.6 is 0 Å². The van der Waals surface area contributed by atoms with Gasteiger partial charge >= 0.3 is 5.97 Å². The Morgan fingerprint density at radius 2 is 1.84 bits per heavy atom. The third-order valence-electron chi connectivity index (χ3n) is 3.14. The quantitative estimate of drug-likeness (QED) is 0.805. The van der Waals surface area contributed by atoms with Gasteiger partial charge in [-0.25, -0.2) is 4.79 Å². The lowest BCUT2D eigenvalue weighted by atomic mass is 10.1. The van der Waals surface area contributed by atoms with E-state index in [1.807, 2.05) is 0 Å². The van der Waals surface area contributed by atoms with E-state index in [0.29, 0.717) is 18.7 Å². The number of amides is 2. The lowest BCUT2D eigenvalue weighted by Crippen LogP contribution is -2.55. The van der Waals surface area contributed by atoms with Crippen molar-refractivity contribution in [3.05, 3.63) is 35.4 Å². The SMILES string of the molecule is C[C@H]1C(=O)NCCN1C(=O)c1ccc(C(=O)O)cc1. The zero-order valence-corrected chi connectivity index (χ0v) is 10.4. The second-order valence-corrected chi connectivity index (χ2v) is 4.35. The second-order valence-electron chi connectivity index (χ2n) is 4.35. The fraction of sp³-hybridized carbons (Fsp3) is 0.308. The van der Waals surface area contributed by atoms with Crippen molar-refractivity contribution in [3.8, 4) is 0 Å². The van der Waals surface area contributed by atoms with Crippen molar-refractivity contribution < 1.29 is 19.5 Å². The average molecular weight is 262 g/mol. The highest BCUT2D eigenvalue weighted by molar-refractivity contribution is 5.99. The summed E-state index contributed by atoms with van der Waals surface area (Å²) in [6.45, 7) is 2.55. The molecule has 0 radical (unpaired) electrons. The maximum atomic E-state index is 12.2. The number of hydrogen-bond donors (Lipinski definition) is 2. The van der Waals surface area contributed by atoms with Crippen molar-refractivity contribution in [2.45, 2.75) is 13.0 Å². The normalized spacial score (nSPS) is 18.9. The van der Waals surface area contributed by atoms with Gasteiger partial charge in [0.05, 0.1) is 5.56 Å². The molecule has 1 heterocycles. The zero-order valence-electron chi connectivity index (χ0n) is 10.4. The Bertz CT molecular complexity index is 524. The molecule has 6 heteroatoms. The number of nitrogens with one attached hydrogen (secondary N) is 1. The van der Waals surface area contributed by atoms with Crippen molar-refractivity contribution >= 4 is 17.8 Å². The Morgan fingerprint density at radius 1 is 1.26 bits per heavy atom. The molecule has 1 atom stereocenters. The molecule has 0 spiro atoms. The predicted octanol–water partition coefficient (Wildman–Crippen LogP) is 0.345. The summed E-state index contributed by atoms with van der Waals surface area (Å²) in [5.74, 6) is -1.48. The maximum Gasteiger partial charge on any atom is 0.335 e. The number of rotatable bonds is 2. The average Bonchev–Trinajstić information content (AvgIpc) is 2.41. The highest BCUT2D eigenvalue weighted by atomic mass is 16.4. The smallest absolute Gasteiger partial charge is 0.335 e. The number of carbonyl (C=O) groups excluding carboxylic acids is 2. The minimum Gasteiger partial charge on any atom is -0.478 e. The van der Waals surface area contributed by atoms with E-state index in [2.05, 4.69) is 5.32 Å². The van der Waals surface area contributed by atoms with E-state index in [0.717, 1.165) is 0 Å². The molecule has 1 aliphatic heterocycles. The largest absolute Gasteiger partial charge is 0.478 e. The molecular formula is C13H14N2O4. The standard InChI is InChI=1S/C13H14N2O4/c1-8-11(16)14-6-7-15(8)12(17)9-2-4-10(5-3-9)13(18)19/h2-5,8H,6-7H2,1H3,(H,14,16)(H,18,19)/t8-/m0/s1. The van der Waals surface area contributed by atoms with Crippen LogP contribution in [0.5, 0.6) is 0 Å². The molecule has 0 bridgehead atoms. The van der Waals surface area contributed by atoms with Crippen LogP contribution in [0, 0.1) is 0 Å². The molecule has 0 saturated carbocycles. The summed E-state index contributed by atoms with van der Waals surface area (Å²) >= 11 is 0. The van der Waals surface area contributed by atoms with Crippen LogP contribution in [0.25, 0.3) is 0 Å². The Morgan fingerprint density at radius 3 is 2.42 bits per heavy atom. The molecular weight excluding hydrogens is 248 g/mol. The number of nitrogens with zero attached hydrogens (tertiary/aromatic N) is 1. The topological polar surface area (TPSA) is 86.7 Å². The number of piperazine rings is 1. The molecule has 100 valence electrons. The van der Waals surface area contributed by atoms with E-state index in [4.69, 9.17) is 5.11 Å². The summed E-state index contributed by atoms with van der Waals surface area (Å²) in [5.41, 5.74) is 0.507. The number of carboxylic acids is 1. The van der Waals surface area contributed by atoms with Gasteiger partial charge in [0, 0.05) is 18.7 Å². The molecule has 2 amide bonds. The molecule has 1 fully saturated rings. The van der Waals surface area contributed by atoms with Gasteiger partial charge in [0.1, 0.15) is 6.04 Å². The summed E-state index contributed by atoms with van der Waals surface area (Å²) in [7, 11) is 0. The summed E-state index contributed by atoms with van der Waals surface area (Å²) in [6.07, 6.45) is 0. The van der Waals surface area contributed by atoms with Crippen LogP contribution in [0.2, 0.25) is 0 Å². The first kappa shape index (κ1) is 13.1. The van der Waals surface area contributed by atoms with Crippen molar-refractivity contribution in [1.82, 2.24) is 10.2 Å². The molecule has 0 unspecified atom stereocenters. The molecule has 0 aliphatic carbocycles. The third-order valence-corrected chi connectivity index (χ3v) is 3.14. The van der Waals surface area contributed by atoms with E-state index >= 15 is 0 Å².